The predicted molar refractivity (Wildman–Crippen MR) is 66.7 cm³/mol. The van der Waals surface area contributed by atoms with Gasteiger partial charge in [-0.1, -0.05) is 11.8 Å². The summed E-state index contributed by atoms with van der Waals surface area (Å²) < 4.78 is 5.48. The molecule has 7 heteroatoms. The maximum absolute atomic E-state index is 11.4. The highest BCUT2D eigenvalue weighted by molar-refractivity contribution is 7.98. The standard InChI is InChI=1S/C11H12N4O2S/c1-7-9(11(16)15-12)4-8(17-7)5-18-10-2-3-13-6-14-10/h2-4,6H,5,12H2,1H3,(H,15,16). The van der Waals surface area contributed by atoms with Crippen molar-refractivity contribution < 1.29 is 9.21 Å². The highest BCUT2D eigenvalue weighted by atomic mass is 32.2. The molecule has 0 aromatic carbocycles. The zero-order valence-corrected chi connectivity index (χ0v) is 10.5. The molecule has 0 radical (unpaired) electrons. The summed E-state index contributed by atoms with van der Waals surface area (Å²) in [6, 6.07) is 3.50. The van der Waals surface area contributed by atoms with Crippen molar-refractivity contribution in [3.05, 3.63) is 41.7 Å². The third-order valence-corrected chi connectivity index (χ3v) is 3.23. The fraction of sp³-hybridized carbons (Fsp3) is 0.182. The summed E-state index contributed by atoms with van der Waals surface area (Å²) in [7, 11) is 0. The quantitative estimate of drug-likeness (QED) is 0.284. The van der Waals surface area contributed by atoms with E-state index in [2.05, 4.69) is 15.4 Å². The molecule has 0 aliphatic rings. The molecule has 2 heterocycles. The van der Waals surface area contributed by atoms with Gasteiger partial charge in [-0.05, 0) is 19.1 Å². The van der Waals surface area contributed by atoms with E-state index in [0.29, 0.717) is 22.8 Å². The molecule has 0 fully saturated rings. The van der Waals surface area contributed by atoms with Crippen molar-refractivity contribution in [1.29, 1.82) is 0 Å². The SMILES string of the molecule is Cc1oc(CSc2ccncn2)cc1C(=O)NN. The van der Waals surface area contributed by atoms with Crippen molar-refractivity contribution in [1.82, 2.24) is 15.4 Å². The molecule has 0 unspecified atom stereocenters. The number of hydrazine groups is 1. The van der Waals surface area contributed by atoms with Gasteiger partial charge >= 0.3 is 0 Å². The maximum atomic E-state index is 11.4. The Labute approximate surface area is 108 Å². The van der Waals surface area contributed by atoms with Crippen molar-refractivity contribution in [2.24, 2.45) is 5.84 Å². The van der Waals surface area contributed by atoms with Crippen LogP contribution in [-0.2, 0) is 5.75 Å². The van der Waals surface area contributed by atoms with Crippen LogP contribution in [0.15, 0.2) is 34.1 Å². The number of rotatable bonds is 4. The summed E-state index contributed by atoms with van der Waals surface area (Å²) in [4.78, 5) is 19.3. The van der Waals surface area contributed by atoms with Crippen molar-refractivity contribution in [3.8, 4) is 0 Å². The van der Waals surface area contributed by atoms with Gasteiger partial charge in [-0.25, -0.2) is 15.8 Å². The van der Waals surface area contributed by atoms with Crippen LogP contribution >= 0.6 is 11.8 Å². The number of nitrogens with two attached hydrogens (primary N) is 1. The fourth-order valence-electron chi connectivity index (χ4n) is 1.43. The number of carbonyl (C=O) groups excluding carboxylic acids is 1. The van der Waals surface area contributed by atoms with E-state index in [-0.39, 0.29) is 5.91 Å². The van der Waals surface area contributed by atoms with E-state index in [1.165, 1.54) is 18.1 Å². The highest BCUT2D eigenvalue weighted by Gasteiger charge is 2.13. The second-order valence-corrected chi connectivity index (χ2v) is 4.49. The van der Waals surface area contributed by atoms with Gasteiger partial charge in [0.05, 0.1) is 16.3 Å². The highest BCUT2D eigenvalue weighted by Crippen LogP contribution is 2.23. The van der Waals surface area contributed by atoms with Crippen LogP contribution in [-0.4, -0.2) is 15.9 Å². The number of amides is 1. The average molecular weight is 264 g/mol. The molecule has 2 aromatic heterocycles. The molecule has 0 bridgehead atoms. The fourth-order valence-corrected chi connectivity index (χ4v) is 2.14. The van der Waals surface area contributed by atoms with E-state index in [1.54, 1.807) is 19.2 Å². The summed E-state index contributed by atoms with van der Waals surface area (Å²) in [5, 5.41) is 0.851. The van der Waals surface area contributed by atoms with Gasteiger partial charge in [-0.3, -0.25) is 10.2 Å². The molecule has 1 amide bonds. The van der Waals surface area contributed by atoms with E-state index in [4.69, 9.17) is 10.3 Å². The maximum Gasteiger partial charge on any atom is 0.268 e. The van der Waals surface area contributed by atoms with Crippen LogP contribution in [0.2, 0.25) is 0 Å². The van der Waals surface area contributed by atoms with Gasteiger partial charge in [-0.15, -0.1) is 0 Å². The van der Waals surface area contributed by atoms with E-state index in [1.807, 2.05) is 6.07 Å². The van der Waals surface area contributed by atoms with Crippen LogP contribution in [0.4, 0.5) is 0 Å². The monoisotopic (exact) mass is 264 g/mol. The molecule has 2 aromatic rings. The van der Waals surface area contributed by atoms with Gasteiger partial charge in [0.2, 0.25) is 0 Å². The number of hydrogen-bond donors (Lipinski definition) is 2. The van der Waals surface area contributed by atoms with Crippen LogP contribution < -0.4 is 11.3 Å². The van der Waals surface area contributed by atoms with E-state index in [0.717, 1.165) is 5.03 Å². The van der Waals surface area contributed by atoms with E-state index in [9.17, 15) is 4.79 Å². The van der Waals surface area contributed by atoms with Crippen molar-refractivity contribution in [2.75, 3.05) is 0 Å². The minimum absolute atomic E-state index is 0.352. The third kappa shape index (κ3) is 2.88. The summed E-state index contributed by atoms with van der Waals surface area (Å²) in [5.41, 5.74) is 2.54. The number of nitrogens with one attached hydrogen (secondary N) is 1. The second kappa shape index (κ2) is 5.65. The summed E-state index contributed by atoms with van der Waals surface area (Å²) in [6.07, 6.45) is 3.17. The predicted octanol–water partition coefficient (Wildman–Crippen LogP) is 1.27. The summed E-state index contributed by atoms with van der Waals surface area (Å²) in [5.74, 6) is 6.58. The number of furan rings is 1. The second-order valence-electron chi connectivity index (χ2n) is 3.49. The molecule has 0 atom stereocenters. The molecule has 0 saturated heterocycles. The van der Waals surface area contributed by atoms with Crippen molar-refractivity contribution in [3.63, 3.8) is 0 Å². The molecule has 0 aliphatic heterocycles. The Balaban J connectivity index is 2.05. The lowest BCUT2D eigenvalue weighted by Crippen LogP contribution is -2.30. The topological polar surface area (TPSA) is 94.0 Å². The minimum atomic E-state index is -0.352. The lowest BCUT2D eigenvalue weighted by Gasteiger charge is -1.96. The first-order chi connectivity index (χ1) is 8.70. The third-order valence-electron chi connectivity index (χ3n) is 2.26. The Morgan fingerprint density at radius 1 is 1.61 bits per heavy atom. The lowest BCUT2D eigenvalue weighted by atomic mass is 10.2. The molecule has 0 saturated carbocycles. The number of thioether (sulfide) groups is 1. The molecule has 0 aliphatic carbocycles. The van der Waals surface area contributed by atoms with Crippen molar-refractivity contribution in [2.45, 2.75) is 17.7 Å². The Kier molecular flexibility index (Phi) is 3.96. The molecule has 6 nitrogen and oxygen atoms in total. The van der Waals surface area contributed by atoms with Crippen LogP contribution in [0.25, 0.3) is 0 Å². The average Bonchev–Trinajstić information content (AvgIpc) is 2.78. The number of nitrogen functional groups attached to an aromatic ring is 1. The summed E-state index contributed by atoms with van der Waals surface area (Å²) >= 11 is 1.51. The molecule has 2 rings (SSSR count). The molecule has 0 spiro atoms. The number of hydrogen-bond acceptors (Lipinski definition) is 6. The van der Waals surface area contributed by atoms with Crippen LogP contribution in [0.1, 0.15) is 21.9 Å². The van der Waals surface area contributed by atoms with Gasteiger partial charge in [0.25, 0.3) is 5.91 Å². The minimum Gasteiger partial charge on any atom is -0.465 e. The van der Waals surface area contributed by atoms with Crippen LogP contribution in [0, 0.1) is 6.92 Å². The van der Waals surface area contributed by atoms with E-state index < -0.39 is 0 Å². The number of nitrogens with zero attached hydrogens (tertiary/aromatic N) is 2. The van der Waals surface area contributed by atoms with E-state index >= 15 is 0 Å². The number of aryl methyl sites for hydroxylation is 1. The molecule has 18 heavy (non-hydrogen) atoms. The molecular weight excluding hydrogens is 252 g/mol. The smallest absolute Gasteiger partial charge is 0.268 e. The van der Waals surface area contributed by atoms with Gasteiger partial charge in [0.15, 0.2) is 0 Å². The van der Waals surface area contributed by atoms with Gasteiger partial charge in [0.1, 0.15) is 17.8 Å². The first-order valence-corrected chi connectivity index (χ1v) is 6.18. The normalized spacial score (nSPS) is 10.3. The first-order valence-electron chi connectivity index (χ1n) is 5.19. The molecule has 94 valence electrons. The largest absolute Gasteiger partial charge is 0.465 e. The molecule has 3 N–H and O–H groups in total. The zero-order valence-electron chi connectivity index (χ0n) is 9.71. The van der Waals surface area contributed by atoms with Crippen LogP contribution in [0.5, 0.6) is 0 Å². The first kappa shape index (κ1) is 12.6. The van der Waals surface area contributed by atoms with Crippen LogP contribution in [0.3, 0.4) is 0 Å². The van der Waals surface area contributed by atoms with Gasteiger partial charge < -0.3 is 4.42 Å². The zero-order chi connectivity index (χ0) is 13.0. The number of carbonyl (C=O) groups is 1. The Bertz CT molecular complexity index is 541. The van der Waals surface area contributed by atoms with Gasteiger partial charge in [0, 0.05) is 6.20 Å². The summed E-state index contributed by atoms with van der Waals surface area (Å²) in [6.45, 7) is 1.73. The van der Waals surface area contributed by atoms with Gasteiger partial charge in [-0.2, -0.15) is 0 Å². The molecular formula is C11H12N4O2S. The Morgan fingerprint density at radius 2 is 2.44 bits per heavy atom. The Hall–Kier alpha value is -1.86. The Morgan fingerprint density at radius 3 is 3.11 bits per heavy atom. The van der Waals surface area contributed by atoms with Crippen molar-refractivity contribution >= 4 is 17.7 Å². The number of aromatic nitrogens is 2. The lowest BCUT2D eigenvalue weighted by molar-refractivity contribution is 0.0952.